The first-order valence-electron chi connectivity index (χ1n) is 15.4. The Balaban J connectivity index is 1.69. The van der Waals surface area contributed by atoms with Crippen molar-refractivity contribution in [3.8, 4) is 22.6 Å². The summed E-state index contributed by atoms with van der Waals surface area (Å²) in [4.78, 5) is 13.1. The molecule has 0 unspecified atom stereocenters. The quantitative estimate of drug-likeness (QED) is 0.0949. The van der Waals surface area contributed by atoms with Gasteiger partial charge in [0.1, 0.15) is 17.1 Å². The first kappa shape index (κ1) is 30.4. The Morgan fingerprint density at radius 1 is 0.791 bits per heavy atom. The molecule has 0 aliphatic heterocycles. The van der Waals surface area contributed by atoms with E-state index in [1.807, 2.05) is 32.9 Å². The normalized spacial score (nSPS) is 13.7. The number of hydrogen-bond acceptors (Lipinski definition) is 3. The number of hydrogen-bond donors (Lipinski definition) is 0. The van der Waals surface area contributed by atoms with E-state index < -0.39 is 10.8 Å². The maximum atomic E-state index is 13.1. The van der Waals surface area contributed by atoms with Gasteiger partial charge >= 0.3 is 5.97 Å². The van der Waals surface area contributed by atoms with Crippen molar-refractivity contribution in [2.75, 3.05) is 0 Å². The highest BCUT2D eigenvalue weighted by atomic mass is 16.5. The van der Waals surface area contributed by atoms with Crippen LogP contribution in [-0.4, -0.2) is 11.6 Å². The molecule has 1 aliphatic carbocycles. The third kappa shape index (κ3) is 5.42. The van der Waals surface area contributed by atoms with Crippen molar-refractivity contribution in [1.29, 1.82) is 0 Å². The summed E-state index contributed by atoms with van der Waals surface area (Å²) in [6, 6.07) is 30.3. The average Bonchev–Trinajstić information content (AvgIpc) is 3.26. The zero-order valence-corrected chi connectivity index (χ0v) is 26.7. The Morgan fingerprint density at radius 2 is 1.30 bits per heavy atom. The van der Waals surface area contributed by atoms with Crippen molar-refractivity contribution in [1.82, 2.24) is 0 Å². The van der Waals surface area contributed by atoms with Crippen molar-refractivity contribution in [3.05, 3.63) is 131 Å². The molecule has 0 N–H and O–H groups in total. The molecule has 4 aromatic rings. The lowest BCUT2D eigenvalue weighted by molar-refractivity contribution is -0.144. The molecule has 1 aliphatic rings. The molecular formula is C40H44O3. The summed E-state index contributed by atoms with van der Waals surface area (Å²) in [7, 11) is 0. The lowest BCUT2D eigenvalue weighted by atomic mass is 9.67. The SMILES string of the molecule is C=CCC(C)(C)Oc1ccc(C2(c3ccc(OC(=O)C(C)(C)CCC)c(C)c3)c3ccccc3-c3ccccc32)cc1C. The Labute approximate surface area is 257 Å². The molecule has 0 saturated heterocycles. The van der Waals surface area contributed by atoms with Crippen LogP contribution in [0.2, 0.25) is 0 Å². The van der Waals surface area contributed by atoms with Gasteiger partial charge in [-0.25, -0.2) is 0 Å². The van der Waals surface area contributed by atoms with Crippen LogP contribution in [0.25, 0.3) is 11.1 Å². The zero-order valence-electron chi connectivity index (χ0n) is 26.7. The summed E-state index contributed by atoms with van der Waals surface area (Å²) in [5, 5.41) is 0. The number of esters is 1. The predicted molar refractivity (Wildman–Crippen MR) is 177 cm³/mol. The van der Waals surface area contributed by atoms with E-state index in [-0.39, 0.29) is 11.6 Å². The molecular weight excluding hydrogens is 528 g/mol. The predicted octanol–water partition coefficient (Wildman–Crippen LogP) is 10.1. The topological polar surface area (TPSA) is 35.5 Å². The van der Waals surface area contributed by atoms with Crippen LogP contribution in [0.1, 0.15) is 87.3 Å². The van der Waals surface area contributed by atoms with E-state index >= 15 is 0 Å². The van der Waals surface area contributed by atoms with Gasteiger partial charge in [0.15, 0.2) is 0 Å². The van der Waals surface area contributed by atoms with Crippen molar-refractivity contribution >= 4 is 5.97 Å². The summed E-state index contributed by atoms with van der Waals surface area (Å²) in [5.41, 5.74) is 7.82. The number of ether oxygens (including phenoxy) is 2. The highest BCUT2D eigenvalue weighted by molar-refractivity contribution is 5.86. The van der Waals surface area contributed by atoms with Crippen LogP contribution in [0.5, 0.6) is 11.5 Å². The average molecular weight is 573 g/mol. The van der Waals surface area contributed by atoms with Crippen LogP contribution >= 0.6 is 0 Å². The molecule has 0 atom stereocenters. The first-order chi connectivity index (χ1) is 20.4. The number of rotatable bonds is 10. The fourth-order valence-corrected chi connectivity index (χ4v) is 6.67. The number of aryl methyl sites for hydroxylation is 2. The largest absolute Gasteiger partial charge is 0.487 e. The van der Waals surface area contributed by atoms with Crippen LogP contribution in [0.4, 0.5) is 0 Å². The molecule has 43 heavy (non-hydrogen) atoms. The van der Waals surface area contributed by atoms with Gasteiger partial charge in [-0.05, 0) is 105 Å². The summed E-state index contributed by atoms with van der Waals surface area (Å²) >= 11 is 0. The number of carbonyl (C=O) groups excluding carboxylic acids is 1. The summed E-state index contributed by atoms with van der Waals surface area (Å²) < 4.78 is 12.5. The van der Waals surface area contributed by atoms with E-state index in [0.29, 0.717) is 5.75 Å². The van der Waals surface area contributed by atoms with E-state index in [0.717, 1.165) is 41.7 Å². The molecule has 4 aromatic carbocycles. The van der Waals surface area contributed by atoms with Crippen molar-refractivity contribution in [2.45, 2.75) is 78.7 Å². The molecule has 5 rings (SSSR count). The maximum absolute atomic E-state index is 13.1. The molecule has 0 aromatic heterocycles. The molecule has 0 saturated carbocycles. The van der Waals surface area contributed by atoms with E-state index in [2.05, 4.69) is 113 Å². The molecule has 0 heterocycles. The van der Waals surface area contributed by atoms with Crippen molar-refractivity contribution in [2.24, 2.45) is 5.41 Å². The fraction of sp³-hybridized carbons (Fsp3) is 0.325. The lowest BCUT2D eigenvalue weighted by Crippen LogP contribution is -2.30. The second kappa shape index (κ2) is 11.5. The Bertz CT molecular complexity index is 1630. The fourth-order valence-electron chi connectivity index (χ4n) is 6.67. The van der Waals surface area contributed by atoms with E-state index in [1.54, 1.807) is 0 Å². The highest BCUT2D eigenvalue weighted by Gasteiger charge is 2.46. The standard InChI is InChI=1S/C40H44O3/c1-9-23-38(5,6)37(41)42-35-21-19-29(25-27(35)3)40(30-20-22-36(28(4)26-30)43-39(7,8)24-10-2)33-17-13-11-15-31(33)32-16-12-14-18-34(32)40/h10-22,25-26H,2,9,23-24H2,1,3-8H3. The van der Waals surface area contributed by atoms with E-state index in [1.165, 1.54) is 27.8 Å². The molecule has 0 spiro atoms. The van der Waals surface area contributed by atoms with Crippen molar-refractivity contribution < 1.29 is 14.3 Å². The molecule has 0 fully saturated rings. The molecule has 0 amide bonds. The Morgan fingerprint density at radius 3 is 1.79 bits per heavy atom. The minimum Gasteiger partial charge on any atom is -0.487 e. The van der Waals surface area contributed by atoms with Crippen molar-refractivity contribution in [3.63, 3.8) is 0 Å². The van der Waals surface area contributed by atoms with E-state index in [4.69, 9.17) is 9.47 Å². The maximum Gasteiger partial charge on any atom is 0.316 e. The van der Waals surface area contributed by atoms with Crippen LogP contribution in [0.3, 0.4) is 0 Å². The second-order valence-electron chi connectivity index (χ2n) is 13.2. The van der Waals surface area contributed by atoms with Crippen LogP contribution < -0.4 is 9.47 Å². The van der Waals surface area contributed by atoms with Gasteiger partial charge < -0.3 is 9.47 Å². The number of fused-ring (bicyclic) bond motifs is 3. The number of carbonyl (C=O) groups is 1. The zero-order chi connectivity index (χ0) is 31.0. The lowest BCUT2D eigenvalue weighted by Gasteiger charge is -2.35. The summed E-state index contributed by atoms with van der Waals surface area (Å²) in [5.74, 6) is 1.29. The third-order valence-electron chi connectivity index (χ3n) is 8.82. The number of benzene rings is 4. The van der Waals surface area contributed by atoms with Gasteiger partial charge in [0.2, 0.25) is 0 Å². The third-order valence-corrected chi connectivity index (χ3v) is 8.82. The minimum absolute atomic E-state index is 0.193. The first-order valence-corrected chi connectivity index (χ1v) is 15.4. The van der Waals surface area contributed by atoms with Gasteiger partial charge in [0.05, 0.1) is 10.8 Å². The summed E-state index contributed by atoms with van der Waals surface area (Å²) in [6.45, 7) is 18.2. The monoisotopic (exact) mass is 572 g/mol. The molecule has 222 valence electrons. The van der Waals surface area contributed by atoms with Gasteiger partial charge in [-0.1, -0.05) is 92.2 Å². The molecule has 3 nitrogen and oxygen atoms in total. The van der Waals surface area contributed by atoms with Gasteiger partial charge in [-0.15, -0.1) is 6.58 Å². The Kier molecular flexibility index (Phi) is 8.13. The van der Waals surface area contributed by atoms with Crippen LogP contribution in [0.15, 0.2) is 97.6 Å². The van der Waals surface area contributed by atoms with Gasteiger partial charge in [-0.3, -0.25) is 4.79 Å². The van der Waals surface area contributed by atoms with Gasteiger partial charge in [-0.2, -0.15) is 0 Å². The van der Waals surface area contributed by atoms with Gasteiger partial charge in [0.25, 0.3) is 0 Å². The van der Waals surface area contributed by atoms with Gasteiger partial charge in [0, 0.05) is 6.42 Å². The highest BCUT2D eigenvalue weighted by Crippen LogP contribution is 2.56. The Hall–Kier alpha value is -4.11. The van der Waals surface area contributed by atoms with Crippen LogP contribution in [-0.2, 0) is 10.2 Å². The van der Waals surface area contributed by atoms with E-state index in [9.17, 15) is 4.79 Å². The van der Waals surface area contributed by atoms with Crippen LogP contribution in [0, 0.1) is 19.3 Å². The molecule has 0 radical (unpaired) electrons. The second-order valence-corrected chi connectivity index (χ2v) is 13.2. The minimum atomic E-state index is -0.554. The molecule has 3 heteroatoms. The summed E-state index contributed by atoms with van der Waals surface area (Å²) in [6.07, 6.45) is 4.36. The molecule has 0 bridgehead atoms. The smallest absolute Gasteiger partial charge is 0.316 e.